The van der Waals surface area contributed by atoms with Crippen LogP contribution in [0.25, 0.3) is 89.0 Å². The highest BCUT2D eigenvalue weighted by molar-refractivity contribution is 6.20. The Bertz CT molecular complexity index is 2830. The van der Waals surface area contributed by atoms with Crippen LogP contribution in [0.4, 0.5) is 0 Å². The lowest BCUT2D eigenvalue weighted by Crippen LogP contribution is -2.08. The zero-order valence-electron chi connectivity index (χ0n) is 28.2. The topological polar surface area (TPSA) is 55.9 Å². The van der Waals surface area contributed by atoms with E-state index in [1.54, 1.807) is 0 Å². The van der Waals surface area contributed by atoms with Crippen LogP contribution in [0.2, 0.25) is 0 Å². The summed E-state index contributed by atoms with van der Waals surface area (Å²) < 4.78 is 8.97. The van der Waals surface area contributed by atoms with E-state index in [0.717, 1.165) is 90.0 Å². The van der Waals surface area contributed by atoms with Gasteiger partial charge in [0.2, 0.25) is 0 Å². The second-order valence-corrected chi connectivity index (χ2v) is 13.1. The number of para-hydroxylation sites is 1. The molecule has 0 fully saturated rings. The van der Waals surface area contributed by atoms with Gasteiger partial charge in [-0.3, -0.25) is 4.98 Å². The number of benzene rings is 5. The minimum Gasteiger partial charge on any atom is -0.455 e. The standard InChI is InChI=1S/C47H32N4O/c1-2-7-35(8-3-1)45-30-37-17-18-44-46(47(37)52-45)40-11-4-5-12-43(40)51(44)39-10-6-9-36(27-39)42-29-38(28-41(50-42)34-21-25-49-26-22-34)32-15-13-31(14-16-32)33-19-23-48-24-20-33/h1-23,25-30,48H,24H2. The average molecular weight is 669 g/mol. The van der Waals surface area contributed by atoms with E-state index in [1.165, 1.54) is 11.1 Å². The molecule has 4 aromatic heterocycles. The van der Waals surface area contributed by atoms with Crippen LogP contribution in [0.5, 0.6) is 0 Å². The number of rotatable bonds is 6. The monoisotopic (exact) mass is 668 g/mol. The van der Waals surface area contributed by atoms with E-state index in [2.05, 4.69) is 142 Å². The minimum absolute atomic E-state index is 0.840. The molecule has 0 spiro atoms. The first kappa shape index (κ1) is 29.9. The van der Waals surface area contributed by atoms with Crippen LogP contribution in [0.1, 0.15) is 5.56 Å². The molecule has 5 aromatic carbocycles. The Morgan fingerprint density at radius 2 is 1.35 bits per heavy atom. The van der Waals surface area contributed by atoms with Gasteiger partial charge in [0.15, 0.2) is 0 Å². The molecule has 10 rings (SSSR count). The van der Waals surface area contributed by atoms with Crippen molar-refractivity contribution in [3.63, 3.8) is 0 Å². The third kappa shape index (κ3) is 5.19. The number of furan rings is 1. The number of pyridine rings is 2. The normalized spacial score (nSPS) is 12.7. The fourth-order valence-corrected chi connectivity index (χ4v) is 7.41. The Labute approximate surface area is 300 Å². The van der Waals surface area contributed by atoms with Crippen LogP contribution in [0, 0.1) is 0 Å². The highest BCUT2D eigenvalue weighted by Crippen LogP contribution is 2.40. The van der Waals surface area contributed by atoms with Crippen molar-refractivity contribution in [1.29, 1.82) is 0 Å². The van der Waals surface area contributed by atoms with Gasteiger partial charge in [0.1, 0.15) is 11.3 Å². The molecule has 1 N–H and O–H groups in total. The number of hydrogen-bond donors (Lipinski definition) is 1. The maximum Gasteiger partial charge on any atom is 0.144 e. The van der Waals surface area contributed by atoms with Gasteiger partial charge >= 0.3 is 0 Å². The smallest absolute Gasteiger partial charge is 0.144 e. The summed E-state index contributed by atoms with van der Waals surface area (Å²) in [5.74, 6) is 0.868. The lowest BCUT2D eigenvalue weighted by atomic mass is 9.97. The van der Waals surface area contributed by atoms with E-state index in [4.69, 9.17) is 9.40 Å². The molecule has 52 heavy (non-hydrogen) atoms. The first-order valence-electron chi connectivity index (χ1n) is 17.5. The number of dihydropyridines is 1. The molecule has 0 saturated carbocycles. The van der Waals surface area contributed by atoms with Gasteiger partial charge in [-0.1, -0.05) is 91.0 Å². The van der Waals surface area contributed by atoms with Crippen molar-refractivity contribution in [2.45, 2.75) is 0 Å². The molecule has 9 aromatic rings. The molecular weight excluding hydrogens is 637 g/mol. The first-order chi connectivity index (χ1) is 25.8. The Morgan fingerprint density at radius 3 is 2.17 bits per heavy atom. The Morgan fingerprint density at radius 1 is 0.577 bits per heavy atom. The van der Waals surface area contributed by atoms with E-state index in [9.17, 15) is 0 Å². The van der Waals surface area contributed by atoms with Crippen molar-refractivity contribution in [1.82, 2.24) is 19.9 Å². The lowest BCUT2D eigenvalue weighted by molar-refractivity contribution is 0.635. The van der Waals surface area contributed by atoms with Gasteiger partial charge in [0.05, 0.1) is 27.8 Å². The molecule has 1 aliphatic rings. The molecule has 5 nitrogen and oxygen atoms in total. The zero-order chi connectivity index (χ0) is 34.4. The summed E-state index contributed by atoms with van der Waals surface area (Å²) in [4.78, 5) is 9.49. The predicted octanol–water partition coefficient (Wildman–Crippen LogP) is 11.5. The van der Waals surface area contributed by atoms with E-state index in [0.29, 0.717) is 0 Å². The summed E-state index contributed by atoms with van der Waals surface area (Å²) in [7, 11) is 0. The predicted molar refractivity (Wildman–Crippen MR) is 213 cm³/mol. The molecule has 0 aliphatic carbocycles. The Kier molecular flexibility index (Phi) is 7.14. The van der Waals surface area contributed by atoms with Gasteiger partial charge in [-0.2, -0.15) is 0 Å². The first-order valence-corrected chi connectivity index (χ1v) is 17.5. The van der Waals surface area contributed by atoms with Crippen LogP contribution in [-0.4, -0.2) is 21.1 Å². The molecule has 246 valence electrons. The van der Waals surface area contributed by atoms with E-state index in [1.807, 2.05) is 48.9 Å². The van der Waals surface area contributed by atoms with E-state index in [-0.39, 0.29) is 0 Å². The third-order valence-electron chi connectivity index (χ3n) is 9.95. The number of aromatic nitrogens is 3. The second-order valence-electron chi connectivity index (χ2n) is 13.1. The molecule has 0 saturated heterocycles. The molecule has 0 unspecified atom stereocenters. The van der Waals surface area contributed by atoms with Gasteiger partial charge in [-0.25, -0.2) is 4.98 Å². The number of nitrogens with zero attached hydrogens (tertiary/aromatic N) is 3. The van der Waals surface area contributed by atoms with Gasteiger partial charge < -0.3 is 14.3 Å². The summed E-state index contributed by atoms with van der Waals surface area (Å²) in [6, 6.07) is 51.3. The Hall–Kier alpha value is -6.98. The number of hydrogen-bond acceptors (Lipinski definition) is 4. The van der Waals surface area contributed by atoms with Crippen molar-refractivity contribution < 1.29 is 4.42 Å². The molecule has 5 heterocycles. The maximum absolute atomic E-state index is 6.63. The van der Waals surface area contributed by atoms with Crippen molar-refractivity contribution >= 4 is 38.3 Å². The molecule has 0 atom stereocenters. The summed E-state index contributed by atoms with van der Waals surface area (Å²) in [6.45, 7) is 0.840. The summed E-state index contributed by atoms with van der Waals surface area (Å²) in [5.41, 5.74) is 13.8. The summed E-state index contributed by atoms with van der Waals surface area (Å²) in [6.07, 6.45) is 9.98. The van der Waals surface area contributed by atoms with Crippen molar-refractivity contribution in [3.05, 3.63) is 182 Å². The van der Waals surface area contributed by atoms with Gasteiger partial charge in [-0.15, -0.1) is 0 Å². The Balaban J connectivity index is 1.12. The fourth-order valence-electron chi connectivity index (χ4n) is 7.41. The van der Waals surface area contributed by atoms with Crippen LogP contribution < -0.4 is 5.32 Å². The van der Waals surface area contributed by atoms with E-state index < -0.39 is 0 Å². The van der Waals surface area contributed by atoms with Crippen LogP contribution in [0.15, 0.2) is 181 Å². The molecule has 0 bridgehead atoms. The summed E-state index contributed by atoms with van der Waals surface area (Å²) in [5, 5.41) is 6.59. The van der Waals surface area contributed by atoms with Crippen LogP contribution in [-0.2, 0) is 0 Å². The largest absolute Gasteiger partial charge is 0.455 e. The molecule has 0 amide bonds. The lowest BCUT2D eigenvalue weighted by Gasteiger charge is -2.13. The SMILES string of the molecule is C1=CC(c2ccc(-c3cc(-c4ccncc4)nc(-c4cccc(-n5c6ccccc6c6c7oc(-c8ccccc8)cc7ccc65)c4)c3)cc2)=CCN1. The van der Waals surface area contributed by atoms with Gasteiger partial charge in [0, 0.05) is 52.1 Å². The second kappa shape index (κ2) is 12.4. The molecule has 0 radical (unpaired) electrons. The number of fused-ring (bicyclic) bond motifs is 5. The highest BCUT2D eigenvalue weighted by atomic mass is 16.3. The quantitative estimate of drug-likeness (QED) is 0.192. The maximum atomic E-state index is 6.63. The van der Waals surface area contributed by atoms with Crippen LogP contribution >= 0.6 is 0 Å². The molecule has 5 heteroatoms. The fraction of sp³-hybridized carbons (Fsp3) is 0.0213. The summed E-state index contributed by atoms with van der Waals surface area (Å²) >= 11 is 0. The van der Waals surface area contributed by atoms with Crippen LogP contribution in [0.3, 0.4) is 0 Å². The van der Waals surface area contributed by atoms with Crippen molar-refractivity contribution in [3.8, 4) is 50.7 Å². The third-order valence-corrected chi connectivity index (χ3v) is 9.95. The molecular formula is C47H32N4O. The zero-order valence-corrected chi connectivity index (χ0v) is 28.2. The van der Waals surface area contributed by atoms with Crippen molar-refractivity contribution in [2.75, 3.05) is 6.54 Å². The number of nitrogens with one attached hydrogen (secondary N) is 1. The minimum atomic E-state index is 0.840. The van der Waals surface area contributed by atoms with Gasteiger partial charge in [0.25, 0.3) is 0 Å². The van der Waals surface area contributed by atoms with Crippen molar-refractivity contribution in [2.24, 2.45) is 0 Å². The molecule has 1 aliphatic heterocycles. The number of allylic oxidation sites excluding steroid dienone is 2. The van der Waals surface area contributed by atoms with Gasteiger partial charge in [-0.05, 0) is 95.2 Å². The van der Waals surface area contributed by atoms with E-state index >= 15 is 0 Å². The average Bonchev–Trinajstić information content (AvgIpc) is 3.82. The highest BCUT2D eigenvalue weighted by Gasteiger charge is 2.19.